The van der Waals surface area contributed by atoms with Crippen LogP contribution in [0, 0.1) is 6.92 Å². The number of carbonyl (C=O) groups excluding carboxylic acids is 1. The number of hydrogen-bond donors (Lipinski definition) is 1. The minimum Gasteiger partial charge on any atom is -0.377 e. The average Bonchev–Trinajstić information content (AvgIpc) is 2.26. The van der Waals surface area contributed by atoms with Crippen molar-refractivity contribution in [1.29, 1.82) is 0 Å². The predicted molar refractivity (Wildman–Crippen MR) is 80.2 cm³/mol. The molecule has 0 spiro atoms. The van der Waals surface area contributed by atoms with Crippen LogP contribution in [-0.2, 0) is 11.3 Å². The lowest BCUT2D eigenvalue weighted by atomic mass is 10.1. The molecule has 1 rings (SSSR count). The van der Waals surface area contributed by atoms with Gasteiger partial charge in [-0.1, -0.05) is 12.1 Å². The highest BCUT2D eigenvalue weighted by Crippen LogP contribution is 2.20. The Morgan fingerprint density at radius 3 is 2.37 bits per heavy atom. The van der Waals surface area contributed by atoms with Crippen LogP contribution < -0.4 is 10.6 Å². The SMILES string of the molecule is Cc1cc(CN(CC(N)=O)C(C)C)ccc1N(C)C. The highest BCUT2D eigenvalue weighted by atomic mass is 16.1. The summed E-state index contributed by atoms with van der Waals surface area (Å²) in [5.41, 5.74) is 8.96. The molecule has 0 atom stereocenters. The van der Waals surface area contributed by atoms with Crippen LogP contribution in [0.25, 0.3) is 0 Å². The summed E-state index contributed by atoms with van der Waals surface area (Å²) in [6, 6.07) is 6.69. The van der Waals surface area contributed by atoms with Crippen LogP contribution in [0.1, 0.15) is 25.0 Å². The number of primary amides is 1. The molecule has 0 saturated heterocycles. The molecule has 0 unspecified atom stereocenters. The fourth-order valence-electron chi connectivity index (χ4n) is 2.17. The van der Waals surface area contributed by atoms with Crippen LogP contribution >= 0.6 is 0 Å². The van der Waals surface area contributed by atoms with Crippen LogP contribution in [0.3, 0.4) is 0 Å². The van der Waals surface area contributed by atoms with Gasteiger partial charge in [-0.05, 0) is 38.0 Å². The third-order valence-corrected chi connectivity index (χ3v) is 3.22. The molecular formula is C15H25N3O. The smallest absolute Gasteiger partial charge is 0.231 e. The molecule has 19 heavy (non-hydrogen) atoms. The molecule has 0 heterocycles. The van der Waals surface area contributed by atoms with Gasteiger partial charge in [-0.15, -0.1) is 0 Å². The molecule has 0 bridgehead atoms. The van der Waals surface area contributed by atoms with Crippen molar-refractivity contribution in [1.82, 2.24) is 4.90 Å². The second kappa shape index (κ2) is 6.57. The summed E-state index contributed by atoms with van der Waals surface area (Å²) in [5.74, 6) is -0.282. The van der Waals surface area contributed by atoms with Gasteiger partial charge in [0.1, 0.15) is 0 Å². The van der Waals surface area contributed by atoms with E-state index >= 15 is 0 Å². The fourth-order valence-corrected chi connectivity index (χ4v) is 2.17. The first-order chi connectivity index (χ1) is 8.81. The van der Waals surface area contributed by atoms with E-state index in [1.54, 1.807) is 0 Å². The number of nitrogens with two attached hydrogens (primary N) is 1. The summed E-state index contributed by atoms with van der Waals surface area (Å²) in [5, 5.41) is 0. The van der Waals surface area contributed by atoms with E-state index in [1.807, 2.05) is 14.1 Å². The summed E-state index contributed by atoms with van der Waals surface area (Å²) in [6.07, 6.45) is 0. The zero-order valence-corrected chi connectivity index (χ0v) is 12.6. The third-order valence-electron chi connectivity index (χ3n) is 3.22. The lowest BCUT2D eigenvalue weighted by Crippen LogP contribution is -2.37. The van der Waals surface area contributed by atoms with Crippen molar-refractivity contribution in [2.45, 2.75) is 33.4 Å². The van der Waals surface area contributed by atoms with Gasteiger partial charge < -0.3 is 10.6 Å². The maximum atomic E-state index is 11.1. The second-order valence-electron chi connectivity index (χ2n) is 5.48. The Labute approximate surface area is 116 Å². The Hall–Kier alpha value is -1.55. The molecule has 0 aliphatic heterocycles. The largest absolute Gasteiger partial charge is 0.377 e. The first kappa shape index (κ1) is 15.5. The van der Waals surface area contributed by atoms with Crippen molar-refractivity contribution >= 4 is 11.6 Å². The van der Waals surface area contributed by atoms with Gasteiger partial charge in [0.15, 0.2) is 0 Å². The van der Waals surface area contributed by atoms with Crippen molar-refractivity contribution in [3.63, 3.8) is 0 Å². The molecule has 0 radical (unpaired) electrons. The first-order valence-electron chi connectivity index (χ1n) is 6.60. The highest BCUT2D eigenvalue weighted by molar-refractivity contribution is 5.75. The Morgan fingerprint density at radius 2 is 1.95 bits per heavy atom. The first-order valence-corrected chi connectivity index (χ1v) is 6.60. The molecule has 1 aromatic carbocycles. The van der Waals surface area contributed by atoms with Gasteiger partial charge >= 0.3 is 0 Å². The molecule has 4 heteroatoms. The van der Waals surface area contributed by atoms with Gasteiger partial charge in [0.25, 0.3) is 0 Å². The molecule has 0 fully saturated rings. The van der Waals surface area contributed by atoms with Crippen LogP contribution in [0.2, 0.25) is 0 Å². The number of benzene rings is 1. The van der Waals surface area contributed by atoms with Gasteiger partial charge in [0.05, 0.1) is 6.54 Å². The molecular weight excluding hydrogens is 238 g/mol. The third kappa shape index (κ3) is 4.56. The average molecular weight is 263 g/mol. The molecule has 2 N–H and O–H groups in total. The molecule has 0 aliphatic rings. The van der Waals surface area contributed by atoms with Crippen molar-refractivity contribution < 1.29 is 4.79 Å². The minimum absolute atomic E-state index is 0.282. The minimum atomic E-state index is -0.282. The number of hydrogen-bond acceptors (Lipinski definition) is 3. The van der Waals surface area contributed by atoms with E-state index in [9.17, 15) is 4.79 Å². The predicted octanol–water partition coefficient (Wildman–Crippen LogP) is 1.76. The summed E-state index contributed by atoms with van der Waals surface area (Å²) < 4.78 is 0. The van der Waals surface area contributed by atoms with E-state index in [0.29, 0.717) is 12.6 Å². The molecule has 0 saturated carbocycles. The number of carbonyl (C=O) groups is 1. The van der Waals surface area contributed by atoms with Crippen LogP contribution in [0.15, 0.2) is 18.2 Å². The van der Waals surface area contributed by atoms with Crippen LogP contribution in [0.4, 0.5) is 5.69 Å². The van der Waals surface area contributed by atoms with Gasteiger partial charge in [-0.3, -0.25) is 9.69 Å². The number of anilines is 1. The number of nitrogens with zero attached hydrogens (tertiary/aromatic N) is 2. The quantitative estimate of drug-likeness (QED) is 0.851. The van der Waals surface area contributed by atoms with Gasteiger partial charge in [-0.2, -0.15) is 0 Å². The van der Waals surface area contributed by atoms with Gasteiger partial charge in [-0.25, -0.2) is 0 Å². The fraction of sp³-hybridized carbons (Fsp3) is 0.533. The van der Waals surface area contributed by atoms with Crippen molar-refractivity contribution in [2.75, 3.05) is 25.5 Å². The number of aryl methyl sites for hydroxylation is 1. The Balaban J connectivity index is 2.85. The van der Waals surface area contributed by atoms with Gasteiger partial charge in [0, 0.05) is 32.4 Å². The zero-order chi connectivity index (χ0) is 14.6. The molecule has 106 valence electrons. The normalized spacial score (nSPS) is 11.1. The van der Waals surface area contributed by atoms with E-state index < -0.39 is 0 Å². The van der Waals surface area contributed by atoms with Gasteiger partial charge in [0.2, 0.25) is 5.91 Å². The standard InChI is InChI=1S/C15H25N3O/c1-11(2)18(10-15(16)19)9-13-6-7-14(17(4)5)12(3)8-13/h6-8,11H,9-10H2,1-5H3,(H2,16,19). The summed E-state index contributed by atoms with van der Waals surface area (Å²) in [4.78, 5) is 15.3. The Morgan fingerprint density at radius 1 is 1.32 bits per heavy atom. The van der Waals surface area contributed by atoms with E-state index in [-0.39, 0.29) is 5.91 Å². The highest BCUT2D eigenvalue weighted by Gasteiger charge is 2.13. The van der Waals surface area contributed by atoms with Crippen molar-refractivity contribution in [2.24, 2.45) is 5.73 Å². The zero-order valence-electron chi connectivity index (χ0n) is 12.6. The summed E-state index contributed by atoms with van der Waals surface area (Å²) >= 11 is 0. The van der Waals surface area contributed by atoms with E-state index in [0.717, 1.165) is 6.54 Å². The monoisotopic (exact) mass is 263 g/mol. The molecule has 1 amide bonds. The van der Waals surface area contributed by atoms with Crippen LogP contribution in [0.5, 0.6) is 0 Å². The number of amides is 1. The molecule has 4 nitrogen and oxygen atoms in total. The molecule has 0 aromatic heterocycles. The summed E-state index contributed by atoms with van der Waals surface area (Å²) in [7, 11) is 4.07. The lowest BCUT2D eigenvalue weighted by molar-refractivity contribution is -0.119. The van der Waals surface area contributed by atoms with Crippen molar-refractivity contribution in [3.05, 3.63) is 29.3 Å². The maximum Gasteiger partial charge on any atom is 0.231 e. The maximum absolute atomic E-state index is 11.1. The topological polar surface area (TPSA) is 49.6 Å². The Kier molecular flexibility index (Phi) is 5.36. The van der Waals surface area contributed by atoms with E-state index in [1.165, 1.54) is 16.8 Å². The second-order valence-corrected chi connectivity index (χ2v) is 5.48. The van der Waals surface area contributed by atoms with Crippen LogP contribution in [-0.4, -0.2) is 37.5 Å². The molecule has 1 aromatic rings. The Bertz CT molecular complexity index is 441. The lowest BCUT2D eigenvalue weighted by Gasteiger charge is -2.25. The van der Waals surface area contributed by atoms with Crippen molar-refractivity contribution in [3.8, 4) is 0 Å². The van der Waals surface area contributed by atoms with E-state index in [2.05, 4.69) is 48.8 Å². The molecule has 0 aliphatic carbocycles. The van der Waals surface area contributed by atoms with E-state index in [4.69, 9.17) is 5.73 Å². The summed E-state index contributed by atoms with van der Waals surface area (Å²) in [6.45, 7) is 7.29. The number of rotatable bonds is 6.